The van der Waals surface area contributed by atoms with Gasteiger partial charge in [0.05, 0.1) is 11.4 Å². The van der Waals surface area contributed by atoms with Crippen LogP contribution >= 0.6 is 0 Å². The molecule has 10 aromatic rings. The molecule has 256 valence electrons. The van der Waals surface area contributed by atoms with Gasteiger partial charge in [0.15, 0.2) is 0 Å². The van der Waals surface area contributed by atoms with Gasteiger partial charge in [-0.2, -0.15) is 0 Å². The first-order chi connectivity index (χ1) is 27.3. The number of nitrogens with zero attached hydrogens (tertiary/aromatic N) is 1. The lowest BCUT2D eigenvalue weighted by molar-refractivity contribution is 1.29. The van der Waals surface area contributed by atoms with Crippen molar-refractivity contribution in [3.8, 4) is 55.6 Å². The Morgan fingerprint density at radius 1 is 0.218 bits per heavy atom. The SMILES string of the molecule is c1ccc(N2c3ccccc3-c3ccccc3-c3cc(-c4cccc(-c5cccc(-c6ccc7c8ccccc8c8ccccc8c7c6)c5)c4)ccc32)cc1. The van der Waals surface area contributed by atoms with E-state index < -0.39 is 0 Å². The van der Waals surface area contributed by atoms with Crippen LogP contribution in [-0.2, 0) is 0 Å². The molecule has 1 heteroatoms. The molecule has 0 fully saturated rings. The molecule has 0 saturated carbocycles. The maximum Gasteiger partial charge on any atom is 0.0540 e. The van der Waals surface area contributed by atoms with Crippen LogP contribution in [0.4, 0.5) is 17.1 Å². The van der Waals surface area contributed by atoms with E-state index in [1.54, 1.807) is 0 Å². The minimum Gasteiger partial charge on any atom is -0.309 e. The molecule has 1 aliphatic heterocycles. The van der Waals surface area contributed by atoms with Gasteiger partial charge in [0.1, 0.15) is 0 Å². The van der Waals surface area contributed by atoms with Crippen molar-refractivity contribution in [3.63, 3.8) is 0 Å². The first-order valence-corrected chi connectivity index (χ1v) is 19.0. The third-order valence-corrected chi connectivity index (χ3v) is 11.4. The highest BCUT2D eigenvalue weighted by molar-refractivity contribution is 6.25. The molecule has 0 aliphatic carbocycles. The van der Waals surface area contributed by atoms with E-state index in [0.29, 0.717) is 0 Å². The van der Waals surface area contributed by atoms with Gasteiger partial charge in [0, 0.05) is 16.8 Å². The van der Waals surface area contributed by atoms with Crippen molar-refractivity contribution in [3.05, 3.63) is 212 Å². The molecule has 55 heavy (non-hydrogen) atoms. The smallest absolute Gasteiger partial charge is 0.0540 e. The van der Waals surface area contributed by atoms with Gasteiger partial charge in [-0.3, -0.25) is 0 Å². The molecule has 0 unspecified atom stereocenters. The van der Waals surface area contributed by atoms with E-state index >= 15 is 0 Å². The minimum atomic E-state index is 1.14. The van der Waals surface area contributed by atoms with Crippen molar-refractivity contribution in [2.45, 2.75) is 0 Å². The van der Waals surface area contributed by atoms with E-state index in [4.69, 9.17) is 0 Å². The maximum atomic E-state index is 2.41. The third kappa shape index (κ3) is 5.16. The summed E-state index contributed by atoms with van der Waals surface area (Å²) < 4.78 is 0. The zero-order chi connectivity index (χ0) is 36.3. The third-order valence-electron chi connectivity index (χ3n) is 11.4. The summed E-state index contributed by atoms with van der Waals surface area (Å²) in [6.07, 6.45) is 0. The van der Waals surface area contributed by atoms with Crippen molar-refractivity contribution in [1.29, 1.82) is 0 Å². The Morgan fingerprint density at radius 2 is 0.636 bits per heavy atom. The summed E-state index contributed by atoms with van der Waals surface area (Å²) >= 11 is 0. The second-order valence-corrected chi connectivity index (χ2v) is 14.5. The Hall–Kier alpha value is -7.22. The van der Waals surface area contributed by atoms with Crippen molar-refractivity contribution >= 4 is 49.4 Å². The Kier molecular flexibility index (Phi) is 7.25. The van der Waals surface area contributed by atoms with Gasteiger partial charge in [-0.25, -0.2) is 0 Å². The molecular weight excluding hydrogens is 663 g/mol. The molecule has 11 rings (SSSR count). The van der Waals surface area contributed by atoms with Crippen LogP contribution in [0.3, 0.4) is 0 Å². The summed E-state index contributed by atoms with van der Waals surface area (Å²) in [5.74, 6) is 0. The predicted octanol–water partition coefficient (Wildman–Crippen LogP) is 15.3. The second-order valence-electron chi connectivity index (χ2n) is 14.5. The lowest BCUT2D eigenvalue weighted by Gasteiger charge is -2.27. The Bertz CT molecular complexity index is 3070. The van der Waals surface area contributed by atoms with Crippen LogP contribution in [0.2, 0.25) is 0 Å². The minimum absolute atomic E-state index is 1.14. The van der Waals surface area contributed by atoms with Crippen molar-refractivity contribution < 1.29 is 0 Å². The maximum absolute atomic E-state index is 2.41. The van der Waals surface area contributed by atoms with Crippen molar-refractivity contribution in [2.24, 2.45) is 0 Å². The van der Waals surface area contributed by atoms with Gasteiger partial charge in [-0.05, 0) is 125 Å². The number of rotatable bonds is 4. The molecule has 1 nitrogen and oxygen atoms in total. The van der Waals surface area contributed by atoms with Crippen LogP contribution in [0.15, 0.2) is 212 Å². The van der Waals surface area contributed by atoms with Gasteiger partial charge in [0.2, 0.25) is 0 Å². The topological polar surface area (TPSA) is 3.24 Å². The summed E-state index contributed by atoms with van der Waals surface area (Å²) in [5, 5.41) is 7.77. The van der Waals surface area contributed by atoms with Crippen molar-refractivity contribution in [1.82, 2.24) is 0 Å². The van der Waals surface area contributed by atoms with Gasteiger partial charge in [0.25, 0.3) is 0 Å². The number of anilines is 3. The zero-order valence-electron chi connectivity index (χ0n) is 30.2. The van der Waals surface area contributed by atoms with Crippen LogP contribution in [-0.4, -0.2) is 0 Å². The number of benzene rings is 10. The molecule has 0 aromatic heterocycles. The molecule has 0 radical (unpaired) electrons. The highest BCUT2D eigenvalue weighted by Crippen LogP contribution is 2.51. The van der Waals surface area contributed by atoms with Crippen LogP contribution in [0.1, 0.15) is 0 Å². The van der Waals surface area contributed by atoms with Gasteiger partial charge >= 0.3 is 0 Å². The van der Waals surface area contributed by atoms with Gasteiger partial charge in [-0.15, -0.1) is 0 Å². The molecule has 0 atom stereocenters. The molecular formula is C54H35N. The summed E-state index contributed by atoms with van der Waals surface area (Å²) in [6, 6.07) is 77.8. The summed E-state index contributed by atoms with van der Waals surface area (Å²) in [7, 11) is 0. The molecule has 1 heterocycles. The normalized spacial score (nSPS) is 12.0. The van der Waals surface area contributed by atoms with Crippen LogP contribution < -0.4 is 4.90 Å². The van der Waals surface area contributed by atoms with Crippen LogP contribution in [0, 0.1) is 0 Å². The van der Waals surface area contributed by atoms with E-state index in [1.807, 2.05) is 0 Å². The molecule has 0 amide bonds. The number of hydrogen-bond acceptors (Lipinski definition) is 1. The number of para-hydroxylation sites is 2. The molecule has 1 aliphatic rings. The fraction of sp³-hybridized carbons (Fsp3) is 0. The summed E-state index contributed by atoms with van der Waals surface area (Å²) in [5.41, 5.74) is 15.7. The number of hydrogen-bond donors (Lipinski definition) is 0. The highest BCUT2D eigenvalue weighted by atomic mass is 15.1. The lowest BCUT2D eigenvalue weighted by atomic mass is 9.91. The highest BCUT2D eigenvalue weighted by Gasteiger charge is 2.26. The number of fused-ring (bicyclic) bond motifs is 11. The quantitative estimate of drug-likeness (QED) is 0.166. The summed E-state index contributed by atoms with van der Waals surface area (Å²) in [6.45, 7) is 0. The predicted molar refractivity (Wildman–Crippen MR) is 234 cm³/mol. The average Bonchev–Trinajstić information content (AvgIpc) is 3.39. The Balaban J connectivity index is 1.01. The van der Waals surface area contributed by atoms with E-state index in [9.17, 15) is 0 Å². The lowest BCUT2D eigenvalue weighted by Crippen LogP contribution is -2.10. The second kappa shape index (κ2) is 12.7. The van der Waals surface area contributed by atoms with Crippen molar-refractivity contribution in [2.75, 3.05) is 4.90 Å². The molecule has 0 N–H and O–H groups in total. The van der Waals surface area contributed by atoms with Gasteiger partial charge < -0.3 is 4.90 Å². The molecule has 10 aromatic carbocycles. The Labute approximate surface area is 321 Å². The van der Waals surface area contributed by atoms with Gasteiger partial charge in [-0.1, -0.05) is 164 Å². The molecule has 0 saturated heterocycles. The first kappa shape index (κ1) is 31.3. The van der Waals surface area contributed by atoms with E-state index in [2.05, 4.69) is 217 Å². The largest absolute Gasteiger partial charge is 0.309 e. The van der Waals surface area contributed by atoms with E-state index in [1.165, 1.54) is 99.3 Å². The van der Waals surface area contributed by atoms with E-state index in [-0.39, 0.29) is 0 Å². The summed E-state index contributed by atoms with van der Waals surface area (Å²) in [4.78, 5) is 2.41. The standard InChI is InChI=1S/C54H35N/c1-2-18-42(19-3-1)55-53-27-11-10-26-50(53)46-23-7-9-25-48(46)52-35-41(29-31-54(52)55)39-17-13-15-37(33-39)36-14-12-16-38(32-36)40-28-30-49-45-22-5-4-20-43(45)44-21-6-8-24-47(44)51(49)34-40/h1-35H. The van der Waals surface area contributed by atoms with Crippen LogP contribution in [0.5, 0.6) is 0 Å². The fourth-order valence-corrected chi connectivity index (χ4v) is 8.80. The Morgan fingerprint density at radius 3 is 1.25 bits per heavy atom. The van der Waals surface area contributed by atoms with Crippen LogP contribution in [0.25, 0.3) is 88.0 Å². The molecule has 0 spiro atoms. The zero-order valence-corrected chi connectivity index (χ0v) is 30.2. The molecule has 0 bridgehead atoms. The van der Waals surface area contributed by atoms with E-state index in [0.717, 1.165) is 5.69 Å². The fourth-order valence-electron chi connectivity index (χ4n) is 8.80. The monoisotopic (exact) mass is 697 g/mol. The average molecular weight is 698 g/mol. The first-order valence-electron chi connectivity index (χ1n) is 19.0.